The second-order valence-corrected chi connectivity index (χ2v) is 6.48. The van der Waals surface area contributed by atoms with Crippen molar-refractivity contribution in [1.82, 2.24) is 10.3 Å². The van der Waals surface area contributed by atoms with Crippen LogP contribution < -0.4 is 5.32 Å². The average Bonchev–Trinajstić information content (AvgIpc) is 3.11. The van der Waals surface area contributed by atoms with Crippen molar-refractivity contribution in [2.45, 2.75) is 31.2 Å². The van der Waals surface area contributed by atoms with Gasteiger partial charge < -0.3 is 5.32 Å². The van der Waals surface area contributed by atoms with Gasteiger partial charge in [-0.1, -0.05) is 23.7 Å². The molecule has 1 fully saturated rings. The van der Waals surface area contributed by atoms with Crippen molar-refractivity contribution >= 4 is 22.9 Å². The maximum absolute atomic E-state index is 5.97. The summed E-state index contributed by atoms with van der Waals surface area (Å²) in [5.41, 5.74) is 1.34. The lowest BCUT2D eigenvalue weighted by molar-refractivity contribution is 0.576. The molecule has 2 nitrogen and oxygen atoms in total. The van der Waals surface area contributed by atoms with Gasteiger partial charge in [-0.2, -0.15) is 0 Å². The fourth-order valence-corrected chi connectivity index (χ4v) is 3.03. The van der Waals surface area contributed by atoms with Crippen molar-refractivity contribution in [1.29, 1.82) is 0 Å². The fourth-order valence-electron chi connectivity index (χ4n) is 2.20. The Balaban J connectivity index is 1.71. The van der Waals surface area contributed by atoms with Gasteiger partial charge in [0.05, 0.1) is 5.01 Å². The van der Waals surface area contributed by atoms with E-state index in [-0.39, 0.29) is 0 Å². The van der Waals surface area contributed by atoms with E-state index in [1.807, 2.05) is 23.7 Å². The number of aromatic nitrogens is 1. The van der Waals surface area contributed by atoms with Gasteiger partial charge in [0, 0.05) is 41.5 Å². The highest BCUT2D eigenvalue weighted by Crippen LogP contribution is 2.25. The van der Waals surface area contributed by atoms with Crippen molar-refractivity contribution in [3.8, 4) is 0 Å². The molecule has 1 aliphatic rings. The Kier molecular flexibility index (Phi) is 4.16. The van der Waals surface area contributed by atoms with Crippen molar-refractivity contribution in [2.75, 3.05) is 6.54 Å². The van der Waals surface area contributed by atoms with Crippen LogP contribution in [0.2, 0.25) is 5.02 Å². The predicted molar refractivity (Wildman–Crippen MR) is 81.0 cm³/mol. The molecular formula is C15H17ClN2S. The molecule has 0 spiro atoms. The summed E-state index contributed by atoms with van der Waals surface area (Å²) in [5, 5.41) is 7.67. The van der Waals surface area contributed by atoms with Crippen LogP contribution >= 0.6 is 22.9 Å². The van der Waals surface area contributed by atoms with Crippen LogP contribution in [0.25, 0.3) is 0 Å². The summed E-state index contributed by atoms with van der Waals surface area (Å²) in [6.45, 7) is 1.02. The summed E-state index contributed by atoms with van der Waals surface area (Å²) < 4.78 is 0. The molecular weight excluding hydrogens is 276 g/mol. The Morgan fingerprint density at radius 1 is 1.32 bits per heavy atom. The van der Waals surface area contributed by atoms with Crippen LogP contribution in [0.3, 0.4) is 0 Å². The predicted octanol–water partition coefficient (Wildman–Crippen LogP) is 3.87. The Morgan fingerprint density at radius 2 is 2.11 bits per heavy atom. The minimum absolute atomic E-state index is 0.476. The molecule has 1 aromatic heterocycles. The first-order valence-electron chi connectivity index (χ1n) is 6.68. The minimum atomic E-state index is 0.476. The normalized spacial score (nSPS) is 16.5. The van der Waals surface area contributed by atoms with E-state index in [2.05, 4.69) is 22.4 Å². The highest BCUT2D eigenvalue weighted by atomic mass is 35.5. The van der Waals surface area contributed by atoms with Crippen molar-refractivity contribution in [3.63, 3.8) is 0 Å². The first kappa shape index (κ1) is 13.1. The van der Waals surface area contributed by atoms with Gasteiger partial charge in [0.2, 0.25) is 0 Å². The summed E-state index contributed by atoms with van der Waals surface area (Å²) in [6.07, 6.45) is 5.53. The molecule has 3 rings (SSSR count). The van der Waals surface area contributed by atoms with Crippen LogP contribution in [0.4, 0.5) is 0 Å². The molecule has 19 heavy (non-hydrogen) atoms. The highest BCUT2D eigenvalue weighted by molar-refractivity contribution is 7.09. The first-order valence-corrected chi connectivity index (χ1v) is 7.94. The van der Waals surface area contributed by atoms with Crippen LogP contribution in [-0.4, -0.2) is 17.6 Å². The van der Waals surface area contributed by atoms with E-state index in [4.69, 9.17) is 11.6 Å². The zero-order valence-electron chi connectivity index (χ0n) is 10.7. The largest absolute Gasteiger partial charge is 0.313 e. The van der Waals surface area contributed by atoms with Crippen LogP contribution in [0.1, 0.15) is 29.3 Å². The van der Waals surface area contributed by atoms with Gasteiger partial charge in [0.1, 0.15) is 0 Å². The topological polar surface area (TPSA) is 24.9 Å². The van der Waals surface area contributed by atoms with Crippen molar-refractivity contribution in [2.24, 2.45) is 0 Å². The number of thiazole rings is 1. The monoisotopic (exact) mass is 292 g/mol. The summed E-state index contributed by atoms with van der Waals surface area (Å²) in [7, 11) is 0. The highest BCUT2D eigenvalue weighted by Gasteiger charge is 2.23. The Bertz CT molecular complexity index is 505. The molecule has 1 aliphatic carbocycles. The molecule has 1 N–H and O–H groups in total. The van der Waals surface area contributed by atoms with Gasteiger partial charge >= 0.3 is 0 Å². The number of hydrogen-bond acceptors (Lipinski definition) is 3. The molecule has 0 aliphatic heterocycles. The van der Waals surface area contributed by atoms with Gasteiger partial charge in [-0.25, -0.2) is 4.98 Å². The fraction of sp³-hybridized carbons (Fsp3) is 0.400. The molecule has 1 aromatic carbocycles. The van der Waals surface area contributed by atoms with Crippen molar-refractivity contribution in [3.05, 3.63) is 51.4 Å². The van der Waals surface area contributed by atoms with E-state index in [0.29, 0.717) is 5.92 Å². The molecule has 0 bridgehead atoms. The lowest BCUT2D eigenvalue weighted by atomic mass is 9.96. The van der Waals surface area contributed by atoms with Gasteiger partial charge in [-0.3, -0.25) is 0 Å². The van der Waals surface area contributed by atoms with E-state index in [1.54, 1.807) is 11.3 Å². The van der Waals surface area contributed by atoms with E-state index in [1.165, 1.54) is 23.4 Å². The molecule has 0 amide bonds. The molecule has 0 saturated heterocycles. The van der Waals surface area contributed by atoms with Gasteiger partial charge in [0.25, 0.3) is 0 Å². The third kappa shape index (κ3) is 3.78. The Hall–Kier alpha value is -0.900. The minimum Gasteiger partial charge on any atom is -0.313 e. The second kappa shape index (κ2) is 6.04. The van der Waals surface area contributed by atoms with Crippen LogP contribution in [0.15, 0.2) is 35.8 Å². The zero-order chi connectivity index (χ0) is 13.1. The van der Waals surface area contributed by atoms with Crippen molar-refractivity contribution < 1.29 is 0 Å². The van der Waals surface area contributed by atoms with E-state index >= 15 is 0 Å². The summed E-state index contributed by atoms with van der Waals surface area (Å²) in [6, 6.07) is 8.96. The Labute approximate surface area is 122 Å². The van der Waals surface area contributed by atoms with Crippen LogP contribution in [-0.2, 0) is 6.42 Å². The third-order valence-electron chi connectivity index (χ3n) is 3.48. The number of halogens is 1. The first-order chi connectivity index (χ1) is 9.31. The smallest absolute Gasteiger partial charge is 0.0931 e. The van der Waals surface area contributed by atoms with Crippen LogP contribution in [0.5, 0.6) is 0 Å². The maximum Gasteiger partial charge on any atom is 0.0931 e. The molecule has 1 heterocycles. The maximum atomic E-state index is 5.97. The van der Waals surface area contributed by atoms with E-state index in [0.717, 1.165) is 24.0 Å². The molecule has 0 radical (unpaired) electrons. The molecule has 1 atom stereocenters. The van der Waals surface area contributed by atoms with Gasteiger partial charge in [-0.05, 0) is 30.5 Å². The number of nitrogens with one attached hydrogen (secondary N) is 1. The second-order valence-electron chi connectivity index (χ2n) is 5.06. The van der Waals surface area contributed by atoms with Gasteiger partial charge in [-0.15, -0.1) is 11.3 Å². The van der Waals surface area contributed by atoms with Crippen LogP contribution in [0, 0.1) is 0 Å². The molecule has 1 unspecified atom stereocenters. The molecule has 100 valence electrons. The average molecular weight is 293 g/mol. The standard InChI is InChI=1S/C15H17ClN2S/c16-13-3-1-11(2-4-13)12(10-18-14-5-6-14)9-15-17-7-8-19-15/h1-4,7-8,12,14,18H,5-6,9-10H2. The number of rotatable bonds is 6. The summed E-state index contributed by atoms with van der Waals surface area (Å²) in [5.74, 6) is 0.476. The number of hydrogen-bond donors (Lipinski definition) is 1. The zero-order valence-corrected chi connectivity index (χ0v) is 12.3. The molecule has 1 saturated carbocycles. The SMILES string of the molecule is Clc1ccc(C(CNC2CC2)Cc2nccs2)cc1. The Morgan fingerprint density at radius 3 is 2.74 bits per heavy atom. The number of nitrogens with zero attached hydrogens (tertiary/aromatic N) is 1. The van der Waals surface area contributed by atoms with Gasteiger partial charge in [0.15, 0.2) is 0 Å². The van der Waals surface area contributed by atoms with E-state index < -0.39 is 0 Å². The van der Waals surface area contributed by atoms with E-state index in [9.17, 15) is 0 Å². The summed E-state index contributed by atoms with van der Waals surface area (Å²) in [4.78, 5) is 4.41. The summed E-state index contributed by atoms with van der Waals surface area (Å²) >= 11 is 7.70. The third-order valence-corrected chi connectivity index (χ3v) is 4.53. The quantitative estimate of drug-likeness (QED) is 0.874. The lowest BCUT2D eigenvalue weighted by Crippen LogP contribution is -2.24. The molecule has 4 heteroatoms. The lowest BCUT2D eigenvalue weighted by Gasteiger charge is -2.17. The number of benzene rings is 1. The molecule has 2 aromatic rings.